The summed E-state index contributed by atoms with van der Waals surface area (Å²) >= 11 is 11.8. The first-order valence-corrected chi connectivity index (χ1v) is 5.43. The summed E-state index contributed by atoms with van der Waals surface area (Å²) in [6.07, 6.45) is 0. The molecule has 0 saturated heterocycles. The maximum atomic E-state index is 10.5. The predicted molar refractivity (Wildman–Crippen MR) is 64.8 cm³/mol. The number of carbonyl (C=O) groups excluding carboxylic acids is 1. The molecule has 0 amide bonds. The molecule has 0 bridgehead atoms. The van der Waals surface area contributed by atoms with E-state index in [4.69, 9.17) is 23.2 Å². The van der Waals surface area contributed by atoms with Crippen LogP contribution in [0, 0.1) is 6.92 Å². The lowest BCUT2D eigenvalue weighted by Gasteiger charge is -2.07. The van der Waals surface area contributed by atoms with E-state index in [1.165, 1.54) is 6.92 Å². The smallest absolute Gasteiger partial charge is 0.317 e. The fraction of sp³-hybridized carbons (Fsp3) is 0.273. The van der Waals surface area contributed by atoms with Crippen LogP contribution in [0.5, 0.6) is 0 Å². The Kier molecular flexibility index (Phi) is 4.77. The second-order valence-electron chi connectivity index (χ2n) is 3.27. The van der Waals surface area contributed by atoms with Crippen molar-refractivity contribution in [1.29, 1.82) is 0 Å². The maximum absolute atomic E-state index is 10.5. The highest BCUT2D eigenvalue weighted by atomic mass is 35.5. The molecule has 3 nitrogen and oxygen atoms in total. The van der Waals surface area contributed by atoms with E-state index < -0.39 is 11.3 Å². The minimum atomic E-state index is -0.610. The molecule has 1 aromatic rings. The van der Waals surface area contributed by atoms with Crippen LogP contribution in [0.1, 0.15) is 23.4 Å². The molecule has 0 aliphatic carbocycles. The molecule has 0 heterocycles. The minimum absolute atomic E-state index is 0.0284. The van der Waals surface area contributed by atoms with Crippen LogP contribution in [0.25, 0.3) is 0 Å². The minimum Gasteiger partial charge on any atom is -0.317 e. The van der Waals surface area contributed by atoms with E-state index >= 15 is 0 Å². The quantitative estimate of drug-likeness (QED) is 0.361. The summed E-state index contributed by atoms with van der Waals surface area (Å²) in [7, 11) is 0. The number of halogens is 2. The first-order chi connectivity index (χ1) is 7.50. The highest BCUT2D eigenvalue weighted by molar-refractivity contribution is 6.70. The first-order valence-electron chi connectivity index (χ1n) is 4.62. The number of rotatable bonds is 3. The van der Waals surface area contributed by atoms with E-state index in [0.29, 0.717) is 0 Å². The van der Waals surface area contributed by atoms with Gasteiger partial charge in [0.05, 0.1) is 0 Å². The first kappa shape index (κ1) is 13.0. The molecule has 1 aromatic carbocycles. The zero-order valence-electron chi connectivity index (χ0n) is 8.91. The van der Waals surface area contributed by atoms with Gasteiger partial charge in [0.25, 0.3) is 0 Å². The van der Waals surface area contributed by atoms with Crippen LogP contribution in [-0.4, -0.2) is 11.1 Å². The molecule has 0 radical (unpaired) electrons. The number of oxime groups is 1. The molecule has 0 saturated carbocycles. The summed E-state index contributed by atoms with van der Waals surface area (Å²) in [5.74, 6) is -0.536. The number of aryl methyl sites for hydroxylation is 1. The number of nitrogens with zero attached hydrogens (tertiary/aromatic N) is 1. The standard InChI is InChI=1S/C11H11Cl2NO2/c1-7-3-5-9(6-4-7)10(12)11(13)14-16-8(2)15/h3-6,10H,1-2H3/b14-11-. The molecule has 86 valence electrons. The Hall–Kier alpha value is -1.06. The topological polar surface area (TPSA) is 38.7 Å². The molecule has 0 N–H and O–H groups in total. The van der Waals surface area contributed by atoms with Crippen LogP contribution in [0.3, 0.4) is 0 Å². The van der Waals surface area contributed by atoms with Gasteiger partial charge in [0, 0.05) is 6.92 Å². The van der Waals surface area contributed by atoms with Gasteiger partial charge in [-0.1, -0.05) is 46.6 Å². The van der Waals surface area contributed by atoms with Gasteiger partial charge in [-0.2, -0.15) is 0 Å². The number of alkyl halides is 1. The van der Waals surface area contributed by atoms with E-state index in [1.807, 2.05) is 31.2 Å². The van der Waals surface area contributed by atoms with Crippen LogP contribution >= 0.6 is 23.2 Å². The van der Waals surface area contributed by atoms with Crippen molar-refractivity contribution in [2.45, 2.75) is 19.2 Å². The fourth-order valence-corrected chi connectivity index (χ4v) is 1.37. The van der Waals surface area contributed by atoms with Gasteiger partial charge in [-0.05, 0) is 12.5 Å². The van der Waals surface area contributed by atoms with Crippen LogP contribution in [0.15, 0.2) is 29.4 Å². The molecular formula is C11H11Cl2NO2. The third-order valence-corrected chi connectivity index (χ3v) is 2.70. The van der Waals surface area contributed by atoms with Crippen molar-refractivity contribution in [3.8, 4) is 0 Å². The van der Waals surface area contributed by atoms with E-state index in [2.05, 4.69) is 9.99 Å². The summed E-state index contributed by atoms with van der Waals surface area (Å²) in [4.78, 5) is 14.9. The Morgan fingerprint density at radius 1 is 1.38 bits per heavy atom. The second kappa shape index (κ2) is 5.87. The zero-order valence-corrected chi connectivity index (χ0v) is 10.4. The summed E-state index contributed by atoms with van der Waals surface area (Å²) in [6, 6.07) is 7.53. The van der Waals surface area contributed by atoms with Crippen molar-refractivity contribution in [2.24, 2.45) is 5.16 Å². The Morgan fingerprint density at radius 2 is 1.94 bits per heavy atom. The Labute approximate surface area is 104 Å². The maximum Gasteiger partial charge on any atom is 0.332 e. The van der Waals surface area contributed by atoms with Gasteiger partial charge in [-0.3, -0.25) is 0 Å². The zero-order chi connectivity index (χ0) is 12.1. The van der Waals surface area contributed by atoms with Gasteiger partial charge in [0.1, 0.15) is 5.38 Å². The van der Waals surface area contributed by atoms with E-state index in [1.54, 1.807) is 0 Å². The second-order valence-corrected chi connectivity index (χ2v) is 4.09. The van der Waals surface area contributed by atoms with Crippen molar-refractivity contribution in [3.63, 3.8) is 0 Å². The molecule has 1 rings (SSSR count). The monoisotopic (exact) mass is 259 g/mol. The normalized spacial score (nSPS) is 13.4. The van der Waals surface area contributed by atoms with Gasteiger partial charge in [-0.15, -0.1) is 11.6 Å². The molecule has 1 atom stereocenters. The lowest BCUT2D eigenvalue weighted by molar-refractivity contribution is -0.140. The van der Waals surface area contributed by atoms with Crippen molar-refractivity contribution in [2.75, 3.05) is 0 Å². The summed E-state index contributed by atoms with van der Waals surface area (Å²) in [6.45, 7) is 3.21. The van der Waals surface area contributed by atoms with E-state index in [9.17, 15) is 4.79 Å². The molecule has 0 spiro atoms. The molecule has 0 aromatic heterocycles. The van der Waals surface area contributed by atoms with Crippen molar-refractivity contribution in [3.05, 3.63) is 35.4 Å². The lowest BCUT2D eigenvalue weighted by Crippen LogP contribution is -2.02. The summed E-state index contributed by atoms with van der Waals surface area (Å²) < 4.78 is 0. The van der Waals surface area contributed by atoms with Gasteiger partial charge in [0.2, 0.25) is 0 Å². The fourth-order valence-electron chi connectivity index (χ4n) is 1.03. The van der Waals surface area contributed by atoms with Crippen LogP contribution in [-0.2, 0) is 9.63 Å². The number of hydrogen-bond donors (Lipinski definition) is 0. The Balaban J connectivity index is 2.77. The third kappa shape index (κ3) is 3.83. The van der Waals surface area contributed by atoms with E-state index in [-0.39, 0.29) is 5.17 Å². The predicted octanol–water partition coefficient (Wildman–Crippen LogP) is 3.39. The number of benzene rings is 1. The Bertz CT molecular complexity index is 401. The SMILES string of the molecule is CC(=O)O/N=C(\Cl)C(Cl)c1ccc(C)cc1. The summed E-state index contributed by atoms with van der Waals surface area (Å²) in [5.41, 5.74) is 1.92. The average Bonchev–Trinajstić information content (AvgIpc) is 2.26. The highest BCUT2D eigenvalue weighted by Crippen LogP contribution is 2.24. The van der Waals surface area contributed by atoms with Gasteiger partial charge in [0.15, 0.2) is 5.17 Å². The van der Waals surface area contributed by atoms with Crippen molar-refractivity contribution in [1.82, 2.24) is 0 Å². The molecule has 0 aliphatic heterocycles. The molecule has 0 aliphatic rings. The van der Waals surface area contributed by atoms with Crippen LogP contribution in [0.4, 0.5) is 0 Å². The summed E-state index contributed by atoms with van der Waals surface area (Å²) in [5, 5.41) is 2.84. The molecule has 1 unspecified atom stereocenters. The largest absolute Gasteiger partial charge is 0.332 e. The highest BCUT2D eigenvalue weighted by Gasteiger charge is 2.14. The number of hydrogen-bond acceptors (Lipinski definition) is 3. The van der Waals surface area contributed by atoms with Crippen molar-refractivity contribution >= 4 is 34.3 Å². The van der Waals surface area contributed by atoms with Gasteiger partial charge in [-0.25, -0.2) is 4.79 Å². The Morgan fingerprint density at radius 3 is 2.44 bits per heavy atom. The van der Waals surface area contributed by atoms with Crippen LogP contribution < -0.4 is 0 Å². The molecule has 16 heavy (non-hydrogen) atoms. The molecular weight excluding hydrogens is 249 g/mol. The molecule has 0 fully saturated rings. The third-order valence-electron chi connectivity index (χ3n) is 1.84. The van der Waals surface area contributed by atoms with Gasteiger partial charge >= 0.3 is 5.97 Å². The van der Waals surface area contributed by atoms with Crippen LogP contribution in [0.2, 0.25) is 0 Å². The van der Waals surface area contributed by atoms with Gasteiger partial charge < -0.3 is 4.84 Å². The van der Waals surface area contributed by atoms with Crippen molar-refractivity contribution < 1.29 is 9.63 Å². The number of carbonyl (C=O) groups is 1. The lowest BCUT2D eigenvalue weighted by atomic mass is 10.1. The van der Waals surface area contributed by atoms with E-state index in [0.717, 1.165) is 11.1 Å². The average molecular weight is 260 g/mol. The molecule has 5 heteroatoms.